The maximum atomic E-state index is 6.04. The third kappa shape index (κ3) is 1.47. The summed E-state index contributed by atoms with van der Waals surface area (Å²) in [7, 11) is 0. The highest BCUT2D eigenvalue weighted by Gasteiger charge is 2.20. The molecular weight excluding hydrogens is 222 g/mol. The highest BCUT2D eigenvalue weighted by atomic mass is 35.5. The zero-order valence-electron chi connectivity index (χ0n) is 9.06. The van der Waals surface area contributed by atoms with E-state index >= 15 is 0 Å². The normalized spacial score (nSPS) is 16.2. The largest absolute Gasteiger partial charge is 0.355 e. The van der Waals surface area contributed by atoms with Crippen LogP contribution in [0, 0.1) is 0 Å². The Morgan fingerprint density at radius 2 is 2.06 bits per heavy atom. The lowest BCUT2D eigenvalue weighted by Gasteiger charge is -2.15. The highest BCUT2D eigenvalue weighted by Crippen LogP contribution is 2.26. The monoisotopic (exact) mass is 235 g/mol. The lowest BCUT2D eigenvalue weighted by Crippen LogP contribution is -2.19. The first-order valence-corrected chi connectivity index (χ1v) is 6.20. The van der Waals surface area contributed by atoms with Crippen LogP contribution in [0.15, 0.2) is 24.4 Å². The van der Waals surface area contributed by atoms with Gasteiger partial charge in [0.1, 0.15) is 5.65 Å². The van der Waals surface area contributed by atoms with Crippen molar-refractivity contribution in [1.29, 1.82) is 0 Å². The summed E-state index contributed by atoms with van der Waals surface area (Å²) in [6.07, 6.45) is 4.55. The van der Waals surface area contributed by atoms with Crippen LogP contribution in [0.4, 0.5) is 5.82 Å². The first-order chi connectivity index (χ1) is 7.90. The number of aromatic nitrogens is 2. The molecule has 0 bridgehead atoms. The molecule has 3 nitrogen and oxygen atoms in total. The Hall–Kier alpha value is -1.22. The van der Waals surface area contributed by atoms with Crippen LogP contribution in [-0.2, 0) is 5.88 Å². The number of anilines is 1. The zero-order chi connectivity index (χ0) is 11.0. The van der Waals surface area contributed by atoms with Gasteiger partial charge in [-0.1, -0.05) is 6.07 Å². The Morgan fingerprint density at radius 3 is 2.81 bits per heavy atom. The molecule has 0 amide bonds. The second-order valence-electron chi connectivity index (χ2n) is 4.14. The lowest BCUT2D eigenvalue weighted by atomic mass is 10.4. The van der Waals surface area contributed by atoms with Gasteiger partial charge in [-0.3, -0.25) is 0 Å². The van der Waals surface area contributed by atoms with E-state index in [0.717, 1.165) is 30.2 Å². The van der Waals surface area contributed by atoms with E-state index in [1.165, 1.54) is 12.8 Å². The Balaban J connectivity index is 2.15. The first-order valence-electron chi connectivity index (χ1n) is 5.67. The van der Waals surface area contributed by atoms with Crippen molar-refractivity contribution < 1.29 is 0 Å². The molecule has 1 saturated heterocycles. The zero-order valence-corrected chi connectivity index (χ0v) is 9.82. The van der Waals surface area contributed by atoms with Crippen molar-refractivity contribution >= 4 is 23.1 Å². The molecule has 0 aromatic carbocycles. The maximum Gasteiger partial charge on any atom is 0.152 e. The van der Waals surface area contributed by atoms with Gasteiger partial charge in [-0.05, 0) is 25.0 Å². The van der Waals surface area contributed by atoms with Crippen molar-refractivity contribution in [2.24, 2.45) is 0 Å². The topological polar surface area (TPSA) is 20.5 Å². The second-order valence-corrected chi connectivity index (χ2v) is 4.41. The van der Waals surface area contributed by atoms with Crippen molar-refractivity contribution in [1.82, 2.24) is 9.38 Å². The van der Waals surface area contributed by atoms with Crippen LogP contribution in [0.5, 0.6) is 0 Å². The summed E-state index contributed by atoms with van der Waals surface area (Å²) >= 11 is 6.04. The predicted molar refractivity (Wildman–Crippen MR) is 66.2 cm³/mol. The average Bonchev–Trinajstić information content (AvgIpc) is 2.95. The van der Waals surface area contributed by atoms with Gasteiger partial charge < -0.3 is 9.30 Å². The Labute approximate surface area is 99.7 Å². The number of fused-ring (bicyclic) bond motifs is 1. The molecule has 0 spiro atoms. The summed E-state index contributed by atoms with van der Waals surface area (Å²) in [5, 5.41) is 0. The van der Waals surface area contributed by atoms with Crippen molar-refractivity contribution in [2.45, 2.75) is 18.7 Å². The van der Waals surface area contributed by atoms with Crippen LogP contribution in [0.25, 0.3) is 5.65 Å². The molecule has 1 aliphatic heterocycles. The van der Waals surface area contributed by atoms with Crippen LogP contribution < -0.4 is 4.90 Å². The van der Waals surface area contributed by atoms with Gasteiger partial charge in [0.05, 0.1) is 11.6 Å². The minimum Gasteiger partial charge on any atom is -0.355 e. The molecule has 2 aromatic rings. The standard InChI is InChI=1S/C12H14ClN3/c13-9-10-12(15-6-3-4-7-15)14-11-5-1-2-8-16(10)11/h1-2,5,8H,3-4,6-7,9H2. The fourth-order valence-electron chi connectivity index (χ4n) is 2.34. The maximum absolute atomic E-state index is 6.04. The third-order valence-corrected chi connectivity index (χ3v) is 3.39. The van der Waals surface area contributed by atoms with Gasteiger partial charge >= 0.3 is 0 Å². The lowest BCUT2D eigenvalue weighted by molar-refractivity contribution is 0.932. The molecule has 1 fully saturated rings. The smallest absolute Gasteiger partial charge is 0.152 e. The molecule has 2 aromatic heterocycles. The van der Waals surface area contributed by atoms with E-state index in [4.69, 9.17) is 11.6 Å². The van der Waals surface area contributed by atoms with Gasteiger partial charge in [0.25, 0.3) is 0 Å². The minimum absolute atomic E-state index is 0.511. The van der Waals surface area contributed by atoms with Gasteiger partial charge in [0.15, 0.2) is 5.82 Å². The number of rotatable bonds is 2. The number of nitrogens with zero attached hydrogens (tertiary/aromatic N) is 3. The number of hydrogen-bond donors (Lipinski definition) is 0. The highest BCUT2D eigenvalue weighted by molar-refractivity contribution is 6.17. The molecule has 3 heterocycles. The van der Waals surface area contributed by atoms with E-state index < -0.39 is 0 Å². The molecule has 0 radical (unpaired) electrons. The third-order valence-electron chi connectivity index (χ3n) is 3.14. The fourth-order valence-corrected chi connectivity index (χ4v) is 2.59. The number of pyridine rings is 1. The Morgan fingerprint density at radius 1 is 1.25 bits per heavy atom. The van der Waals surface area contributed by atoms with Gasteiger partial charge in [-0.15, -0.1) is 11.6 Å². The van der Waals surface area contributed by atoms with Gasteiger partial charge in [0, 0.05) is 19.3 Å². The van der Waals surface area contributed by atoms with Crippen molar-refractivity contribution in [3.8, 4) is 0 Å². The van der Waals surface area contributed by atoms with Crippen molar-refractivity contribution in [3.63, 3.8) is 0 Å². The molecule has 1 aliphatic rings. The molecule has 3 rings (SSSR count). The summed E-state index contributed by atoms with van der Waals surface area (Å²) in [4.78, 5) is 7.01. The van der Waals surface area contributed by atoms with Gasteiger partial charge in [-0.2, -0.15) is 0 Å². The minimum atomic E-state index is 0.511. The number of imidazole rings is 1. The fraction of sp³-hybridized carbons (Fsp3) is 0.417. The molecule has 84 valence electrons. The second kappa shape index (κ2) is 3.98. The molecule has 4 heteroatoms. The molecule has 0 saturated carbocycles. The van der Waals surface area contributed by atoms with E-state index in [2.05, 4.69) is 14.3 Å². The Bertz CT molecular complexity index is 500. The number of alkyl halides is 1. The SMILES string of the molecule is ClCc1c(N2CCCC2)nc2ccccn12. The van der Waals surface area contributed by atoms with E-state index in [1.54, 1.807) is 0 Å². The summed E-state index contributed by atoms with van der Waals surface area (Å²) in [6.45, 7) is 2.21. The van der Waals surface area contributed by atoms with E-state index in [9.17, 15) is 0 Å². The van der Waals surface area contributed by atoms with Crippen LogP contribution in [-0.4, -0.2) is 22.5 Å². The van der Waals surface area contributed by atoms with E-state index in [1.807, 2.05) is 24.4 Å². The molecular formula is C12H14ClN3. The predicted octanol–water partition coefficient (Wildman–Crippen LogP) is 2.67. The molecule has 0 unspecified atom stereocenters. The first kappa shape index (κ1) is 9.97. The van der Waals surface area contributed by atoms with Crippen molar-refractivity contribution in [3.05, 3.63) is 30.1 Å². The number of hydrogen-bond acceptors (Lipinski definition) is 2. The summed E-state index contributed by atoms with van der Waals surface area (Å²) in [5.41, 5.74) is 2.10. The number of halogens is 1. The van der Waals surface area contributed by atoms with Crippen LogP contribution in [0.2, 0.25) is 0 Å². The summed E-state index contributed by atoms with van der Waals surface area (Å²) in [6, 6.07) is 6.04. The van der Waals surface area contributed by atoms with Crippen LogP contribution >= 0.6 is 11.6 Å². The molecule has 0 N–H and O–H groups in total. The van der Waals surface area contributed by atoms with Gasteiger partial charge in [0.2, 0.25) is 0 Å². The van der Waals surface area contributed by atoms with Crippen molar-refractivity contribution in [2.75, 3.05) is 18.0 Å². The molecule has 0 atom stereocenters. The van der Waals surface area contributed by atoms with Crippen LogP contribution in [0.3, 0.4) is 0 Å². The molecule has 0 aliphatic carbocycles. The summed E-state index contributed by atoms with van der Waals surface area (Å²) < 4.78 is 2.08. The van der Waals surface area contributed by atoms with E-state index in [-0.39, 0.29) is 0 Å². The Kier molecular flexibility index (Phi) is 2.48. The average molecular weight is 236 g/mol. The van der Waals surface area contributed by atoms with E-state index in [0.29, 0.717) is 5.88 Å². The van der Waals surface area contributed by atoms with Gasteiger partial charge in [-0.25, -0.2) is 4.98 Å². The van der Waals surface area contributed by atoms with Crippen LogP contribution in [0.1, 0.15) is 18.5 Å². The molecule has 16 heavy (non-hydrogen) atoms. The quantitative estimate of drug-likeness (QED) is 0.746. The summed E-state index contributed by atoms with van der Waals surface area (Å²) in [5.74, 6) is 1.58.